The number of aliphatic hydroxyl groups is 2. The number of rotatable bonds is 8. The third-order valence-electron chi connectivity index (χ3n) is 4.36. The molecule has 0 unspecified atom stereocenters. The number of hydrogen-bond donors (Lipinski definition) is 3. The second-order valence-electron chi connectivity index (χ2n) is 6.81. The van der Waals surface area contributed by atoms with E-state index in [2.05, 4.69) is 19.2 Å². The van der Waals surface area contributed by atoms with Crippen LogP contribution in [0.2, 0.25) is 0 Å². The van der Waals surface area contributed by atoms with Crippen molar-refractivity contribution >= 4 is 0 Å². The van der Waals surface area contributed by atoms with E-state index in [1.807, 2.05) is 0 Å². The van der Waals surface area contributed by atoms with Crippen molar-refractivity contribution in [1.82, 2.24) is 5.32 Å². The Bertz CT molecular complexity index is 223. The van der Waals surface area contributed by atoms with Crippen LogP contribution in [-0.4, -0.2) is 36.5 Å². The molecule has 1 rings (SSSR count). The third kappa shape index (κ3) is 5.25. The zero-order chi connectivity index (χ0) is 13.5. The minimum Gasteiger partial charge on any atom is -0.396 e. The lowest BCUT2D eigenvalue weighted by atomic mass is 9.74. The smallest absolute Gasteiger partial charge is 0.0499 e. The summed E-state index contributed by atoms with van der Waals surface area (Å²) >= 11 is 0. The van der Waals surface area contributed by atoms with E-state index in [4.69, 9.17) is 5.11 Å². The Kier molecular flexibility index (Phi) is 6.61. The van der Waals surface area contributed by atoms with E-state index in [9.17, 15) is 5.11 Å². The fourth-order valence-corrected chi connectivity index (χ4v) is 3.00. The van der Waals surface area contributed by atoms with Gasteiger partial charge in [-0.05, 0) is 31.1 Å². The SMILES string of the molecule is CC(C)(CCCO)CNCC1(CO)CCCCC1. The predicted molar refractivity (Wildman–Crippen MR) is 75.6 cm³/mol. The van der Waals surface area contributed by atoms with Gasteiger partial charge in [0.15, 0.2) is 0 Å². The minimum atomic E-state index is 0.130. The monoisotopic (exact) mass is 257 g/mol. The lowest BCUT2D eigenvalue weighted by molar-refractivity contribution is 0.0779. The van der Waals surface area contributed by atoms with Gasteiger partial charge in [-0.15, -0.1) is 0 Å². The normalized spacial score (nSPS) is 20.0. The molecular formula is C15H31NO2. The van der Waals surface area contributed by atoms with Gasteiger partial charge in [0.05, 0.1) is 0 Å². The highest BCUT2D eigenvalue weighted by Crippen LogP contribution is 2.35. The van der Waals surface area contributed by atoms with Crippen LogP contribution in [-0.2, 0) is 0 Å². The first-order valence-corrected chi connectivity index (χ1v) is 7.46. The van der Waals surface area contributed by atoms with Gasteiger partial charge in [0.2, 0.25) is 0 Å². The third-order valence-corrected chi connectivity index (χ3v) is 4.36. The Labute approximate surface area is 112 Å². The highest BCUT2D eigenvalue weighted by Gasteiger charge is 2.31. The molecule has 0 heterocycles. The molecule has 3 N–H and O–H groups in total. The van der Waals surface area contributed by atoms with Crippen molar-refractivity contribution in [2.24, 2.45) is 10.8 Å². The average Bonchev–Trinajstić information content (AvgIpc) is 2.37. The fraction of sp³-hybridized carbons (Fsp3) is 1.00. The van der Waals surface area contributed by atoms with E-state index in [-0.39, 0.29) is 17.4 Å². The van der Waals surface area contributed by atoms with E-state index in [1.165, 1.54) is 19.3 Å². The molecule has 0 aromatic rings. The van der Waals surface area contributed by atoms with E-state index in [0.29, 0.717) is 6.61 Å². The summed E-state index contributed by atoms with van der Waals surface area (Å²) in [7, 11) is 0. The second-order valence-corrected chi connectivity index (χ2v) is 6.81. The van der Waals surface area contributed by atoms with Crippen LogP contribution in [0.4, 0.5) is 0 Å². The Morgan fingerprint density at radius 1 is 1.11 bits per heavy atom. The maximum absolute atomic E-state index is 9.64. The summed E-state index contributed by atoms with van der Waals surface area (Å²) < 4.78 is 0. The molecule has 3 nitrogen and oxygen atoms in total. The first kappa shape index (κ1) is 15.9. The van der Waals surface area contributed by atoms with Crippen LogP contribution in [0.3, 0.4) is 0 Å². The van der Waals surface area contributed by atoms with Gasteiger partial charge in [0, 0.05) is 31.7 Å². The van der Waals surface area contributed by atoms with Crippen LogP contribution < -0.4 is 5.32 Å². The second kappa shape index (κ2) is 7.46. The molecule has 0 bridgehead atoms. The van der Waals surface area contributed by atoms with Gasteiger partial charge < -0.3 is 15.5 Å². The zero-order valence-corrected chi connectivity index (χ0v) is 12.2. The van der Waals surface area contributed by atoms with Gasteiger partial charge in [0.1, 0.15) is 0 Å². The average molecular weight is 257 g/mol. The summed E-state index contributed by atoms with van der Waals surface area (Å²) in [5.41, 5.74) is 0.360. The summed E-state index contributed by atoms with van der Waals surface area (Å²) in [5, 5.41) is 22.1. The van der Waals surface area contributed by atoms with Crippen molar-refractivity contribution < 1.29 is 10.2 Å². The van der Waals surface area contributed by atoms with Gasteiger partial charge in [-0.25, -0.2) is 0 Å². The first-order valence-electron chi connectivity index (χ1n) is 7.46. The van der Waals surface area contributed by atoms with Crippen LogP contribution >= 0.6 is 0 Å². The Morgan fingerprint density at radius 3 is 2.33 bits per heavy atom. The van der Waals surface area contributed by atoms with Gasteiger partial charge in [0.25, 0.3) is 0 Å². The topological polar surface area (TPSA) is 52.5 Å². The Balaban J connectivity index is 2.30. The summed E-state index contributed by atoms with van der Waals surface area (Å²) in [6.07, 6.45) is 8.08. The summed E-state index contributed by atoms with van der Waals surface area (Å²) in [4.78, 5) is 0. The van der Waals surface area contributed by atoms with Crippen molar-refractivity contribution in [3.63, 3.8) is 0 Å². The molecule has 1 saturated carbocycles. The highest BCUT2D eigenvalue weighted by atomic mass is 16.3. The Morgan fingerprint density at radius 2 is 1.78 bits per heavy atom. The van der Waals surface area contributed by atoms with Crippen molar-refractivity contribution in [2.75, 3.05) is 26.3 Å². The first-order chi connectivity index (χ1) is 8.54. The van der Waals surface area contributed by atoms with Crippen LogP contribution in [0.5, 0.6) is 0 Å². The maximum atomic E-state index is 9.64. The van der Waals surface area contributed by atoms with Crippen molar-refractivity contribution in [3.05, 3.63) is 0 Å². The lowest BCUT2D eigenvalue weighted by Gasteiger charge is -2.37. The van der Waals surface area contributed by atoms with E-state index >= 15 is 0 Å². The van der Waals surface area contributed by atoms with E-state index in [1.54, 1.807) is 0 Å². The standard InChI is InChI=1S/C15H31NO2/c1-14(2,7-6-10-17)11-16-12-15(13-18)8-4-3-5-9-15/h16-18H,3-13H2,1-2H3. The molecule has 0 spiro atoms. The van der Waals surface area contributed by atoms with Crippen LogP contribution in [0, 0.1) is 10.8 Å². The van der Waals surface area contributed by atoms with Crippen molar-refractivity contribution in [1.29, 1.82) is 0 Å². The predicted octanol–water partition coefficient (Wildman–Crippen LogP) is 2.32. The van der Waals surface area contributed by atoms with Gasteiger partial charge >= 0.3 is 0 Å². The van der Waals surface area contributed by atoms with Gasteiger partial charge in [-0.3, -0.25) is 0 Å². The zero-order valence-electron chi connectivity index (χ0n) is 12.2. The lowest BCUT2D eigenvalue weighted by Crippen LogP contribution is -2.42. The molecule has 108 valence electrons. The van der Waals surface area contributed by atoms with Gasteiger partial charge in [-0.1, -0.05) is 33.1 Å². The Hall–Kier alpha value is -0.120. The highest BCUT2D eigenvalue weighted by molar-refractivity contribution is 4.85. The molecule has 0 amide bonds. The van der Waals surface area contributed by atoms with Crippen molar-refractivity contribution in [3.8, 4) is 0 Å². The number of nitrogens with one attached hydrogen (secondary N) is 1. The number of hydrogen-bond acceptors (Lipinski definition) is 3. The quantitative estimate of drug-likeness (QED) is 0.625. The molecule has 1 fully saturated rings. The molecule has 18 heavy (non-hydrogen) atoms. The number of aliphatic hydroxyl groups excluding tert-OH is 2. The van der Waals surface area contributed by atoms with Crippen molar-refractivity contribution in [2.45, 2.75) is 58.8 Å². The van der Waals surface area contributed by atoms with Crippen LogP contribution in [0.1, 0.15) is 58.8 Å². The molecule has 0 atom stereocenters. The molecule has 0 aliphatic heterocycles. The molecule has 3 heteroatoms. The fourth-order valence-electron chi connectivity index (χ4n) is 3.00. The molecule has 0 aromatic carbocycles. The molecule has 1 aliphatic rings. The largest absolute Gasteiger partial charge is 0.396 e. The van der Waals surface area contributed by atoms with E-state index < -0.39 is 0 Å². The summed E-state index contributed by atoms with van der Waals surface area (Å²) in [6, 6.07) is 0. The molecule has 0 aromatic heterocycles. The maximum Gasteiger partial charge on any atom is 0.0499 e. The molecular weight excluding hydrogens is 226 g/mol. The van der Waals surface area contributed by atoms with E-state index in [0.717, 1.165) is 38.8 Å². The minimum absolute atomic E-state index is 0.130. The summed E-state index contributed by atoms with van der Waals surface area (Å²) in [6.45, 7) is 6.98. The molecule has 1 aliphatic carbocycles. The molecule has 0 radical (unpaired) electrons. The summed E-state index contributed by atoms with van der Waals surface area (Å²) in [5.74, 6) is 0. The van der Waals surface area contributed by atoms with Crippen LogP contribution in [0.15, 0.2) is 0 Å². The van der Waals surface area contributed by atoms with Gasteiger partial charge in [-0.2, -0.15) is 0 Å². The van der Waals surface area contributed by atoms with Crippen LogP contribution in [0.25, 0.3) is 0 Å². The molecule has 0 saturated heterocycles.